The molecule has 0 aliphatic carbocycles. The molecule has 13 heavy (non-hydrogen) atoms. The van der Waals surface area contributed by atoms with E-state index in [4.69, 9.17) is 4.43 Å². The third kappa shape index (κ3) is 8.39. The van der Waals surface area contributed by atoms with E-state index >= 15 is 0 Å². The fourth-order valence-electron chi connectivity index (χ4n) is 0.952. The average Bonchev–Trinajstić information content (AvgIpc) is 2.13. The Bertz CT molecular complexity index is 99.4. The Hall–Kier alpha value is 0.0569. The number of rotatable bonds is 9. The molecule has 0 aromatic rings. The largest absolute Gasteiger partial charge is 0.381 e. The van der Waals surface area contributed by atoms with E-state index in [0.29, 0.717) is 6.73 Å². The highest BCUT2D eigenvalue weighted by molar-refractivity contribution is 6.45. The van der Waals surface area contributed by atoms with E-state index < -0.39 is 9.36 Å². The van der Waals surface area contributed by atoms with E-state index in [1.807, 2.05) is 0 Å². The summed E-state index contributed by atoms with van der Waals surface area (Å²) in [5.41, 5.74) is 0. The molecule has 0 aliphatic rings. The molecule has 0 fully saturated rings. The highest BCUT2D eigenvalue weighted by Gasteiger charge is 2.07. The summed E-state index contributed by atoms with van der Waals surface area (Å²) in [4.78, 5) is 6.65. The molecule has 0 saturated carbocycles. The zero-order valence-electron chi connectivity index (χ0n) is 9.02. The second-order valence-electron chi connectivity index (χ2n) is 2.81. The molecule has 0 spiro atoms. The Morgan fingerprint density at radius 2 is 1.69 bits per heavy atom. The van der Waals surface area contributed by atoms with Gasteiger partial charge >= 0.3 is 9.36 Å². The Balaban J connectivity index is 3.33. The molecule has 5 heteroatoms. The average molecular weight is 205 g/mol. The van der Waals surface area contributed by atoms with Crippen molar-refractivity contribution in [3.05, 3.63) is 0 Å². The summed E-state index contributed by atoms with van der Waals surface area (Å²) >= 11 is 0. The molecule has 0 atom stereocenters. The summed E-state index contributed by atoms with van der Waals surface area (Å²) in [6.45, 7) is 9.97. The van der Waals surface area contributed by atoms with Crippen molar-refractivity contribution in [3.63, 3.8) is 0 Å². The lowest BCUT2D eigenvalue weighted by Crippen LogP contribution is -2.51. The predicted molar refractivity (Wildman–Crippen MR) is 58.7 cm³/mol. The number of hydrogen-bond donors (Lipinski definition) is 3. The van der Waals surface area contributed by atoms with Crippen LogP contribution in [0, 0.1) is 0 Å². The molecule has 0 aromatic heterocycles. The second-order valence-corrected chi connectivity index (χ2v) is 4.72. The van der Waals surface area contributed by atoms with Crippen LogP contribution in [-0.2, 0) is 4.43 Å². The van der Waals surface area contributed by atoms with Gasteiger partial charge in [-0.3, -0.25) is 5.32 Å². The van der Waals surface area contributed by atoms with Gasteiger partial charge in [-0.05, 0) is 26.1 Å². The molecule has 0 rings (SSSR count). The van der Waals surface area contributed by atoms with Crippen LogP contribution in [0.3, 0.4) is 0 Å². The summed E-state index contributed by atoms with van der Waals surface area (Å²) in [5.74, 6) is 0. The third-order valence-corrected chi connectivity index (χ3v) is 3.62. The van der Waals surface area contributed by atoms with Crippen molar-refractivity contribution in [1.82, 2.24) is 15.3 Å². The zero-order valence-corrected chi connectivity index (χ0v) is 10.2. The fourth-order valence-corrected chi connectivity index (χ4v) is 2.36. The van der Waals surface area contributed by atoms with E-state index in [2.05, 4.69) is 36.1 Å². The minimum Gasteiger partial charge on any atom is -0.381 e. The van der Waals surface area contributed by atoms with Gasteiger partial charge in [0, 0.05) is 0 Å². The molecule has 0 aliphatic heterocycles. The van der Waals surface area contributed by atoms with Gasteiger partial charge < -0.3 is 14.4 Å². The zero-order chi connectivity index (χ0) is 9.94. The van der Waals surface area contributed by atoms with Crippen LogP contribution in [0.2, 0.25) is 0 Å². The summed E-state index contributed by atoms with van der Waals surface area (Å²) in [6.07, 6.45) is 1.15. The lowest BCUT2D eigenvalue weighted by Gasteiger charge is -2.16. The number of hydrogen-bond acceptors (Lipinski definition) is 4. The van der Waals surface area contributed by atoms with Crippen molar-refractivity contribution >= 4 is 9.36 Å². The van der Waals surface area contributed by atoms with Crippen LogP contribution < -0.4 is 15.3 Å². The molecule has 3 N–H and O–H groups in total. The molecule has 0 amide bonds. The lowest BCUT2D eigenvalue weighted by molar-refractivity contribution is 0.271. The van der Waals surface area contributed by atoms with E-state index in [9.17, 15) is 0 Å². The molecule has 4 nitrogen and oxygen atoms in total. The predicted octanol–water partition coefficient (Wildman–Crippen LogP) is -0.104. The topological polar surface area (TPSA) is 45.3 Å². The summed E-state index contributed by atoms with van der Waals surface area (Å²) in [6, 6.07) is 0. The second kappa shape index (κ2) is 10.1. The Labute approximate surface area is 83.3 Å². The lowest BCUT2D eigenvalue weighted by atomic mass is 10.5. The Kier molecular flexibility index (Phi) is 10.2. The molecule has 0 bridgehead atoms. The monoisotopic (exact) mass is 205 g/mol. The minimum atomic E-state index is -1.34. The highest BCUT2D eigenvalue weighted by Crippen LogP contribution is 1.76. The van der Waals surface area contributed by atoms with Crippen LogP contribution in [0.4, 0.5) is 0 Å². The van der Waals surface area contributed by atoms with Crippen molar-refractivity contribution in [2.45, 2.75) is 27.2 Å². The van der Waals surface area contributed by atoms with Gasteiger partial charge in [0.25, 0.3) is 0 Å². The Morgan fingerprint density at radius 1 is 1.08 bits per heavy atom. The van der Waals surface area contributed by atoms with Gasteiger partial charge in [-0.1, -0.05) is 20.8 Å². The molecule has 0 heterocycles. The Morgan fingerprint density at radius 3 is 2.15 bits per heavy atom. The molecule has 0 unspecified atom stereocenters. The number of nitrogens with one attached hydrogen (secondary N) is 3. The maximum atomic E-state index is 5.63. The van der Waals surface area contributed by atoms with E-state index in [0.717, 1.165) is 26.1 Å². The molecule has 0 radical (unpaired) electrons. The molecular formula is C8H23N3OSi. The van der Waals surface area contributed by atoms with Gasteiger partial charge in [0.2, 0.25) is 0 Å². The van der Waals surface area contributed by atoms with Crippen LogP contribution in [0.25, 0.3) is 0 Å². The third-order valence-electron chi connectivity index (χ3n) is 1.56. The normalized spacial score (nSPS) is 11.1. The van der Waals surface area contributed by atoms with Gasteiger partial charge in [-0.25, -0.2) is 0 Å². The van der Waals surface area contributed by atoms with Gasteiger partial charge in [-0.15, -0.1) is 0 Å². The quantitative estimate of drug-likeness (QED) is 0.279. The first-order valence-electron chi connectivity index (χ1n) is 5.14. The van der Waals surface area contributed by atoms with Crippen molar-refractivity contribution in [1.29, 1.82) is 0 Å². The fraction of sp³-hybridized carbons (Fsp3) is 1.00. The van der Waals surface area contributed by atoms with E-state index in [1.165, 1.54) is 0 Å². The summed E-state index contributed by atoms with van der Waals surface area (Å²) < 4.78 is 5.63. The summed E-state index contributed by atoms with van der Waals surface area (Å²) in [7, 11) is -1.34. The standard InChI is InChI=1S/C8H23N3OSi/c1-4-7-9-8-12-13(10-5-2)11-6-3/h9-11,13H,4-8H2,1-3H3. The van der Waals surface area contributed by atoms with Crippen molar-refractivity contribution in [2.75, 3.05) is 26.4 Å². The summed E-state index contributed by atoms with van der Waals surface area (Å²) in [5, 5.41) is 3.21. The van der Waals surface area contributed by atoms with Gasteiger partial charge in [0.1, 0.15) is 0 Å². The van der Waals surface area contributed by atoms with Crippen molar-refractivity contribution in [2.24, 2.45) is 0 Å². The SMILES string of the molecule is CCCNCO[SiH](NCC)NCC. The molecule has 0 aromatic carbocycles. The maximum absolute atomic E-state index is 5.63. The van der Waals surface area contributed by atoms with Crippen molar-refractivity contribution < 1.29 is 4.43 Å². The van der Waals surface area contributed by atoms with Gasteiger partial charge in [-0.2, -0.15) is 0 Å². The van der Waals surface area contributed by atoms with Gasteiger partial charge in [0.15, 0.2) is 0 Å². The van der Waals surface area contributed by atoms with Crippen LogP contribution in [0.1, 0.15) is 27.2 Å². The molecular weight excluding hydrogens is 182 g/mol. The first-order valence-corrected chi connectivity index (χ1v) is 6.76. The van der Waals surface area contributed by atoms with Crippen LogP contribution in [0.15, 0.2) is 0 Å². The molecule has 0 saturated heterocycles. The first-order chi connectivity index (χ1) is 6.35. The van der Waals surface area contributed by atoms with Crippen LogP contribution in [0.5, 0.6) is 0 Å². The highest BCUT2D eigenvalue weighted by atomic mass is 28.3. The van der Waals surface area contributed by atoms with Crippen molar-refractivity contribution in [3.8, 4) is 0 Å². The van der Waals surface area contributed by atoms with Crippen LogP contribution >= 0.6 is 0 Å². The van der Waals surface area contributed by atoms with E-state index in [1.54, 1.807) is 0 Å². The minimum absolute atomic E-state index is 0.657. The maximum Gasteiger partial charge on any atom is 0.336 e. The smallest absolute Gasteiger partial charge is 0.336 e. The first kappa shape index (κ1) is 13.1. The van der Waals surface area contributed by atoms with Gasteiger partial charge in [0.05, 0.1) is 6.73 Å². The van der Waals surface area contributed by atoms with Crippen LogP contribution in [-0.4, -0.2) is 35.7 Å². The molecule has 80 valence electrons. The van der Waals surface area contributed by atoms with E-state index in [-0.39, 0.29) is 0 Å².